The molecule has 0 rings (SSSR count). The Morgan fingerprint density at radius 2 is 1.62 bits per heavy atom. The molecule has 0 saturated carbocycles. The summed E-state index contributed by atoms with van der Waals surface area (Å²) < 4.78 is 0.382. The Hall–Kier alpha value is 0.700. The van der Waals surface area contributed by atoms with Gasteiger partial charge >= 0.3 is 0 Å². The van der Waals surface area contributed by atoms with Crippen LogP contribution in [0.3, 0.4) is 0 Å². The van der Waals surface area contributed by atoms with E-state index in [0.29, 0.717) is 10.00 Å². The molecule has 0 amide bonds. The van der Waals surface area contributed by atoms with Gasteiger partial charge in [0.25, 0.3) is 0 Å². The average Bonchev–Trinajstić information content (AvgIpc) is 2.02. The minimum atomic E-state index is 0.382. The number of rotatable bonds is 5. The van der Waals surface area contributed by atoms with Crippen molar-refractivity contribution in [1.82, 2.24) is 0 Å². The third-order valence-corrected chi connectivity index (χ3v) is 4.52. The van der Waals surface area contributed by atoms with Crippen LogP contribution >= 0.6 is 24.4 Å². The molecule has 0 aromatic carbocycles. The Morgan fingerprint density at radius 3 is 1.92 bits per heavy atom. The van der Waals surface area contributed by atoms with E-state index in [1.54, 1.807) is 0 Å². The highest BCUT2D eigenvalue weighted by Crippen LogP contribution is 2.29. The van der Waals surface area contributed by atoms with Gasteiger partial charge in [0, 0.05) is 15.7 Å². The van der Waals surface area contributed by atoms with Crippen molar-refractivity contribution in [1.29, 1.82) is 0 Å². The molecule has 0 fully saturated rings. The molecular weight excluding hydrogens is 196 g/mol. The van der Waals surface area contributed by atoms with Crippen molar-refractivity contribution in [2.24, 2.45) is 5.92 Å². The lowest BCUT2D eigenvalue weighted by atomic mass is 10.0. The quantitative estimate of drug-likeness (QED) is 0.676. The summed E-state index contributed by atoms with van der Waals surface area (Å²) in [7, 11) is 0. The van der Waals surface area contributed by atoms with Crippen molar-refractivity contribution >= 4 is 24.4 Å². The maximum absolute atomic E-state index is 4.68. The minimum absolute atomic E-state index is 0.382. The number of thiol groups is 1. The number of thioether (sulfide) groups is 1. The fourth-order valence-corrected chi connectivity index (χ4v) is 2.89. The molecule has 0 aromatic heterocycles. The van der Waals surface area contributed by atoms with Gasteiger partial charge < -0.3 is 0 Å². The molecule has 0 aliphatic heterocycles. The van der Waals surface area contributed by atoms with Crippen LogP contribution in [0.2, 0.25) is 0 Å². The topological polar surface area (TPSA) is 0 Å². The van der Waals surface area contributed by atoms with E-state index in [1.807, 2.05) is 11.8 Å². The van der Waals surface area contributed by atoms with E-state index in [2.05, 4.69) is 47.2 Å². The maximum Gasteiger partial charge on any atom is 0.0136 e. The molecule has 0 aliphatic carbocycles. The zero-order valence-electron chi connectivity index (χ0n) is 9.63. The average molecular weight is 220 g/mol. The van der Waals surface area contributed by atoms with Crippen molar-refractivity contribution in [3.63, 3.8) is 0 Å². The zero-order chi connectivity index (χ0) is 10.5. The highest BCUT2D eigenvalue weighted by atomic mass is 32.2. The van der Waals surface area contributed by atoms with Crippen molar-refractivity contribution < 1.29 is 0 Å². The van der Waals surface area contributed by atoms with Gasteiger partial charge in [0.1, 0.15) is 0 Å². The van der Waals surface area contributed by atoms with Crippen LogP contribution in [0.4, 0.5) is 0 Å². The third kappa shape index (κ3) is 6.73. The first kappa shape index (κ1) is 13.7. The van der Waals surface area contributed by atoms with E-state index in [-0.39, 0.29) is 0 Å². The summed E-state index contributed by atoms with van der Waals surface area (Å²) in [4.78, 5) is 0. The van der Waals surface area contributed by atoms with Crippen LogP contribution in [0.1, 0.15) is 47.5 Å². The molecule has 0 N–H and O–H groups in total. The zero-order valence-corrected chi connectivity index (χ0v) is 11.3. The number of hydrogen-bond donors (Lipinski definition) is 1. The molecular formula is C11H24S2. The van der Waals surface area contributed by atoms with Crippen LogP contribution in [0, 0.1) is 5.92 Å². The molecule has 2 heteroatoms. The molecule has 80 valence electrons. The van der Waals surface area contributed by atoms with Gasteiger partial charge in [0.05, 0.1) is 0 Å². The minimum Gasteiger partial charge on any atom is -0.175 e. The van der Waals surface area contributed by atoms with Gasteiger partial charge in [0.2, 0.25) is 0 Å². The van der Waals surface area contributed by atoms with Crippen molar-refractivity contribution in [3.05, 3.63) is 0 Å². The molecule has 0 saturated heterocycles. The second-order valence-electron chi connectivity index (χ2n) is 4.57. The van der Waals surface area contributed by atoms with E-state index in [9.17, 15) is 0 Å². The van der Waals surface area contributed by atoms with E-state index in [0.717, 1.165) is 5.92 Å². The molecule has 0 nitrogen and oxygen atoms in total. The van der Waals surface area contributed by atoms with Crippen LogP contribution in [-0.4, -0.2) is 15.7 Å². The summed E-state index contributed by atoms with van der Waals surface area (Å²) >= 11 is 6.70. The van der Waals surface area contributed by atoms with Crippen LogP contribution in [-0.2, 0) is 0 Å². The fraction of sp³-hybridized carbons (Fsp3) is 1.00. The normalized spacial score (nSPS) is 15.0. The van der Waals surface area contributed by atoms with Gasteiger partial charge in [0.15, 0.2) is 0 Å². The molecule has 1 atom stereocenters. The highest BCUT2D eigenvalue weighted by Gasteiger charge is 2.18. The molecule has 0 heterocycles. The molecule has 0 spiro atoms. The first-order chi connectivity index (χ1) is 5.90. The molecule has 0 radical (unpaired) electrons. The first-order valence-electron chi connectivity index (χ1n) is 5.22. The molecule has 0 aliphatic rings. The van der Waals surface area contributed by atoms with Gasteiger partial charge in [-0.1, -0.05) is 47.5 Å². The largest absolute Gasteiger partial charge is 0.175 e. The first-order valence-corrected chi connectivity index (χ1v) is 6.73. The summed E-state index contributed by atoms with van der Waals surface area (Å²) in [5, 5.41) is 0.569. The Balaban J connectivity index is 3.78. The lowest BCUT2D eigenvalue weighted by Gasteiger charge is -2.24. The Labute approximate surface area is 93.7 Å². The van der Waals surface area contributed by atoms with Gasteiger partial charge in [-0.15, -0.1) is 0 Å². The highest BCUT2D eigenvalue weighted by molar-refractivity contribution is 8.01. The van der Waals surface area contributed by atoms with Gasteiger partial charge in [-0.3, -0.25) is 0 Å². The summed E-state index contributed by atoms with van der Waals surface area (Å²) in [6, 6.07) is 0. The Kier molecular flexibility index (Phi) is 6.57. The molecule has 13 heavy (non-hydrogen) atoms. The Bertz CT molecular complexity index is 123. The van der Waals surface area contributed by atoms with E-state index >= 15 is 0 Å². The predicted molar refractivity (Wildman–Crippen MR) is 69.1 cm³/mol. The summed E-state index contributed by atoms with van der Waals surface area (Å²) in [6.45, 7) is 11.3. The summed E-state index contributed by atoms with van der Waals surface area (Å²) in [6.07, 6.45) is 2.52. The molecule has 1 unspecified atom stereocenters. The van der Waals surface area contributed by atoms with Gasteiger partial charge in [-0.2, -0.15) is 24.4 Å². The SMILES string of the molecule is CCC(CC)C(S)CSC(C)(C)C. The number of hydrogen-bond acceptors (Lipinski definition) is 2. The monoisotopic (exact) mass is 220 g/mol. The van der Waals surface area contributed by atoms with Crippen molar-refractivity contribution in [2.45, 2.75) is 57.5 Å². The van der Waals surface area contributed by atoms with Crippen LogP contribution in [0.25, 0.3) is 0 Å². The van der Waals surface area contributed by atoms with E-state index in [1.165, 1.54) is 18.6 Å². The second-order valence-corrected chi connectivity index (χ2v) is 7.08. The van der Waals surface area contributed by atoms with Crippen molar-refractivity contribution in [2.75, 3.05) is 5.75 Å². The van der Waals surface area contributed by atoms with Gasteiger partial charge in [-0.25, -0.2) is 0 Å². The smallest absolute Gasteiger partial charge is 0.0136 e. The third-order valence-electron chi connectivity index (χ3n) is 2.28. The predicted octanol–water partition coefficient (Wildman–Crippen LogP) is 4.25. The summed E-state index contributed by atoms with van der Waals surface area (Å²) in [5.74, 6) is 1.97. The Morgan fingerprint density at radius 1 is 1.15 bits per heavy atom. The van der Waals surface area contributed by atoms with E-state index in [4.69, 9.17) is 0 Å². The summed E-state index contributed by atoms with van der Waals surface area (Å²) in [5.41, 5.74) is 0. The van der Waals surface area contributed by atoms with Crippen molar-refractivity contribution in [3.8, 4) is 0 Å². The van der Waals surface area contributed by atoms with Gasteiger partial charge in [-0.05, 0) is 5.92 Å². The van der Waals surface area contributed by atoms with Crippen LogP contribution in [0.5, 0.6) is 0 Å². The maximum atomic E-state index is 4.68. The van der Waals surface area contributed by atoms with Crippen LogP contribution < -0.4 is 0 Å². The molecule has 0 bridgehead atoms. The standard InChI is InChI=1S/C11H24S2/c1-6-9(7-2)10(12)8-13-11(3,4)5/h9-10,12H,6-8H2,1-5H3. The van der Waals surface area contributed by atoms with Crippen LogP contribution in [0.15, 0.2) is 0 Å². The second kappa shape index (κ2) is 6.23. The lowest BCUT2D eigenvalue weighted by molar-refractivity contribution is 0.494. The fourth-order valence-electron chi connectivity index (χ4n) is 1.30. The lowest BCUT2D eigenvalue weighted by Crippen LogP contribution is -2.20. The van der Waals surface area contributed by atoms with E-state index < -0.39 is 0 Å². The molecule has 0 aromatic rings.